The second-order valence-corrected chi connectivity index (χ2v) is 9.02. The number of aromatic nitrogens is 3. The fourth-order valence-electron chi connectivity index (χ4n) is 5.53. The van der Waals surface area contributed by atoms with Gasteiger partial charge in [-0.1, -0.05) is 43.2 Å². The van der Waals surface area contributed by atoms with Crippen LogP contribution in [0.4, 0.5) is 0 Å². The topological polar surface area (TPSA) is 65.1 Å². The molecule has 3 aliphatic rings. The Morgan fingerprint density at radius 3 is 2.61 bits per heavy atom. The van der Waals surface area contributed by atoms with Crippen molar-refractivity contribution in [2.24, 2.45) is 11.3 Å². The third-order valence-corrected chi connectivity index (χ3v) is 6.92. The van der Waals surface area contributed by atoms with Crippen LogP contribution >= 0.6 is 0 Å². The van der Waals surface area contributed by atoms with Crippen molar-refractivity contribution in [1.82, 2.24) is 25.0 Å². The van der Waals surface area contributed by atoms with Crippen molar-refractivity contribution in [1.29, 1.82) is 0 Å². The molecule has 28 heavy (non-hydrogen) atoms. The van der Waals surface area contributed by atoms with Gasteiger partial charge in [0.25, 0.3) is 0 Å². The summed E-state index contributed by atoms with van der Waals surface area (Å²) in [5.74, 6) is 2.72. The molecule has 1 aromatic carbocycles. The van der Waals surface area contributed by atoms with Crippen molar-refractivity contribution in [3.05, 3.63) is 47.5 Å². The monoisotopic (exact) mass is 379 g/mol. The first kappa shape index (κ1) is 17.9. The normalized spacial score (nSPS) is 24.8. The van der Waals surface area contributed by atoms with Crippen molar-refractivity contribution >= 4 is 5.91 Å². The summed E-state index contributed by atoms with van der Waals surface area (Å²) >= 11 is 0. The van der Waals surface area contributed by atoms with Gasteiger partial charge in [-0.3, -0.25) is 14.8 Å². The van der Waals surface area contributed by atoms with E-state index in [4.69, 9.17) is 0 Å². The van der Waals surface area contributed by atoms with Gasteiger partial charge in [0.15, 0.2) is 5.82 Å². The van der Waals surface area contributed by atoms with E-state index < -0.39 is 0 Å². The first-order valence-electron chi connectivity index (χ1n) is 10.6. The van der Waals surface area contributed by atoms with Crippen molar-refractivity contribution < 1.29 is 4.79 Å². The van der Waals surface area contributed by atoms with Crippen LogP contribution in [0.2, 0.25) is 0 Å². The molecule has 0 bridgehead atoms. The lowest BCUT2D eigenvalue weighted by atomic mass is 9.70. The van der Waals surface area contributed by atoms with E-state index in [-0.39, 0.29) is 17.3 Å². The predicted molar refractivity (Wildman–Crippen MR) is 107 cm³/mol. The number of nitrogens with one attached hydrogen (secondary N) is 1. The zero-order valence-electron chi connectivity index (χ0n) is 16.6. The molecule has 2 aliphatic heterocycles. The molecule has 6 nitrogen and oxygen atoms in total. The van der Waals surface area contributed by atoms with E-state index in [1.807, 2.05) is 6.92 Å². The van der Waals surface area contributed by atoms with Crippen LogP contribution in [0.1, 0.15) is 48.8 Å². The van der Waals surface area contributed by atoms with Crippen molar-refractivity contribution in [2.45, 2.75) is 45.1 Å². The highest BCUT2D eigenvalue weighted by Gasteiger charge is 2.57. The molecule has 0 radical (unpaired) electrons. The van der Waals surface area contributed by atoms with Crippen LogP contribution < -0.4 is 0 Å². The molecular formula is C22H29N5O. The van der Waals surface area contributed by atoms with Gasteiger partial charge in [0.05, 0.1) is 0 Å². The minimum Gasteiger partial charge on any atom is -0.341 e. The summed E-state index contributed by atoms with van der Waals surface area (Å²) in [6, 6.07) is 10.6. The maximum atomic E-state index is 12.9. The van der Waals surface area contributed by atoms with Crippen LogP contribution in [0.3, 0.4) is 0 Å². The van der Waals surface area contributed by atoms with E-state index in [0.717, 1.165) is 57.2 Å². The minimum atomic E-state index is 0.0949. The Kier molecular flexibility index (Phi) is 4.46. The van der Waals surface area contributed by atoms with Gasteiger partial charge < -0.3 is 4.90 Å². The molecule has 1 aromatic heterocycles. The quantitative estimate of drug-likeness (QED) is 0.887. The molecule has 1 N–H and O–H groups in total. The van der Waals surface area contributed by atoms with Crippen molar-refractivity contribution in [3.8, 4) is 0 Å². The number of carbonyl (C=O) groups excluding carboxylic acids is 1. The maximum Gasteiger partial charge on any atom is 0.225 e. The molecule has 3 fully saturated rings. The second kappa shape index (κ2) is 6.99. The van der Waals surface area contributed by atoms with E-state index in [0.29, 0.717) is 5.91 Å². The van der Waals surface area contributed by atoms with E-state index in [1.54, 1.807) is 0 Å². The number of likely N-dealkylation sites (tertiary alicyclic amines) is 2. The number of aromatic amines is 1. The summed E-state index contributed by atoms with van der Waals surface area (Å²) in [7, 11) is 0. The van der Waals surface area contributed by atoms with Crippen LogP contribution in [-0.4, -0.2) is 57.1 Å². The molecule has 1 atom stereocenters. The number of rotatable bonds is 4. The van der Waals surface area contributed by atoms with Crippen LogP contribution in [0.5, 0.6) is 0 Å². The van der Waals surface area contributed by atoms with Crippen molar-refractivity contribution in [2.75, 3.05) is 26.2 Å². The highest BCUT2D eigenvalue weighted by molar-refractivity contribution is 5.80. The molecule has 2 aromatic rings. The van der Waals surface area contributed by atoms with E-state index >= 15 is 0 Å². The molecule has 5 rings (SSSR count). The molecule has 6 heteroatoms. The first-order valence-corrected chi connectivity index (χ1v) is 10.6. The Hall–Kier alpha value is -2.21. The number of hydrogen-bond donors (Lipinski definition) is 1. The van der Waals surface area contributed by atoms with E-state index in [1.165, 1.54) is 18.4 Å². The summed E-state index contributed by atoms with van der Waals surface area (Å²) in [6.45, 7) is 6.57. The van der Waals surface area contributed by atoms with Gasteiger partial charge in [-0.05, 0) is 25.3 Å². The van der Waals surface area contributed by atoms with Gasteiger partial charge in [-0.15, -0.1) is 0 Å². The standard InChI is InChI=1S/C22H29N5O/c1-16-23-20(25-24-16)19-12-26(11-17-7-3-2-4-8-17)13-22(19)14-27(15-22)21(28)18-9-5-6-10-18/h2-4,7-8,18-19H,5-6,9-15H2,1H3,(H,23,24,25). The molecular weight excluding hydrogens is 350 g/mol. The third-order valence-electron chi connectivity index (χ3n) is 6.92. The average molecular weight is 380 g/mol. The Morgan fingerprint density at radius 1 is 1.18 bits per heavy atom. The number of carbonyl (C=O) groups is 1. The average Bonchev–Trinajstić information content (AvgIpc) is 3.40. The molecule has 2 saturated heterocycles. The highest BCUT2D eigenvalue weighted by atomic mass is 16.2. The zero-order valence-corrected chi connectivity index (χ0v) is 16.6. The second-order valence-electron chi connectivity index (χ2n) is 9.02. The largest absolute Gasteiger partial charge is 0.341 e. The number of H-pyrrole nitrogens is 1. The molecule has 1 aliphatic carbocycles. The van der Waals surface area contributed by atoms with Gasteiger partial charge >= 0.3 is 0 Å². The predicted octanol–water partition coefficient (Wildman–Crippen LogP) is 2.73. The van der Waals surface area contributed by atoms with Gasteiger partial charge in [0, 0.05) is 50.0 Å². The smallest absolute Gasteiger partial charge is 0.225 e. The lowest BCUT2D eigenvalue weighted by molar-refractivity contribution is -0.148. The minimum absolute atomic E-state index is 0.0949. The summed E-state index contributed by atoms with van der Waals surface area (Å²) in [4.78, 5) is 22.1. The maximum absolute atomic E-state index is 12.9. The fourth-order valence-corrected chi connectivity index (χ4v) is 5.53. The van der Waals surface area contributed by atoms with Gasteiger partial charge in [0.1, 0.15) is 5.82 Å². The van der Waals surface area contributed by atoms with E-state index in [2.05, 4.69) is 55.3 Å². The number of amides is 1. The zero-order chi connectivity index (χ0) is 19.1. The number of hydrogen-bond acceptors (Lipinski definition) is 4. The third kappa shape index (κ3) is 3.13. The van der Waals surface area contributed by atoms with Gasteiger partial charge in [0.2, 0.25) is 5.91 Å². The Labute approximate surface area is 166 Å². The number of nitrogens with zero attached hydrogens (tertiary/aromatic N) is 4. The number of benzene rings is 1. The Morgan fingerprint density at radius 2 is 1.93 bits per heavy atom. The van der Waals surface area contributed by atoms with Crippen LogP contribution in [-0.2, 0) is 11.3 Å². The summed E-state index contributed by atoms with van der Waals surface area (Å²) in [5.41, 5.74) is 1.43. The molecule has 1 amide bonds. The van der Waals surface area contributed by atoms with Crippen molar-refractivity contribution in [3.63, 3.8) is 0 Å². The summed E-state index contributed by atoms with van der Waals surface area (Å²) in [6.07, 6.45) is 4.57. The van der Waals surface area contributed by atoms with Crippen LogP contribution in [0.15, 0.2) is 30.3 Å². The first-order chi connectivity index (χ1) is 13.6. The lowest BCUT2D eigenvalue weighted by Gasteiger charge is -2.51. The summed E-state index contributed by atoms with van der Waals surface area (Å²) in [5, 5.41) is 7.51. The van der Waals surface area contributed by atoms with Gasteiger partial charge in [-0.25, -0.2) is 4.98 Å². The summed E-state index contributed by atoms with van der Waals surface area (Å²) < 4.78 is 0. The SMILES string of the molecule is Cc1nc(C2CN(Cc3ccccc3)CC23CN(C(=O)C2CCCC2)C3)n[nH]1. The molecule has 1 spiro atoms. The Balaban J connectivity index is 1.33. The Bertz CT molecular complexity index is 836. The molecule has 148 valence electrons. The fraction of sp³-hybridized carbons (Fsp3) is 0.591. The lowest BCUT2D eigenvalue weighted by Crippen LogP contribution is -2.62. The molecule has 1 saturated carbocycles. The van der Waals surface area contributed by atoms with E-state index in [9.17, 15) is 4.79 Å². The molecule has 3 heterocycles. The highest BCUT2D eigenvalue weighted by Crippen LogP contribution is 2.49. The number of aryl methyl sites for hydroxylation is 1. The van der Waals surface area contributed by atoms with Crippen LogP contribution in [0, 0.1) is 18.3 Å². The van der Waals surface area contributed by atoms with Crippen LogP contribution in [0.25, 0.3) is 0 Å². The molecule has 1 unspecified atom stereocenters. The van der Waals surface area contributed by atoms with Gasteiger partial charge in [-0.2, -0.15) is 5.10 Å².